The van der Waals surface area contributed by atoms with Gasteiger partial charge in [0.05, 0.1) is 23.8 Å². The maximum Gasteiger partial charge on any atom is 0.352 e. The van der Waals surface area contributed by atoms with Gasteiger partial charge in [-0.1, -0.05) is 97.1 Å². The molecular weight excluding hydrogens is 604 g/mol. The van der Waals surface area contributed by atoms with Crippen LogP contribution >= 0.6 is 12.4 Å². The van der Waals surface area contributed by atoms with Crippen LogP contribution in [-0.4, -0.2) is 49.8 Å². The summed E-state index contributed by atoms with van der Waals surface area (Å²) in [5.74, 6) is -1.81. The first kappa shape index (κ1) is 33.7. The molecule has 0 radical (unpaired) electrons. The Kier molecular flexibility index (Phi) is 11.5. The Balaban J connectivity index is 0.00000480. The smallest absolute Gasteiger partial charge is 0.352 e. The summed E-state index contributed by atoms with van der Waals surface area (Å²) in [6, 6.07) is 35.3. The number of amides is 2. The van der Waals surface area contributed by atoms with Gasteiger partial charge in [0.2, 0.25) is 11.8 Å². The molecule has 0 aliphatic rings. The van der Waals surface area contributed by atoms with Gasteiger partial charge in [-0.25, -0.2) is 14.2 Å². The van der Waals surface area contributed by atoms with Gasteiger partial charge < -0.3 is 16.4 Å². The van der Waals surface area contributed by atoms with E-state index < -0.39 is 29.2 Å². The van der Waals surface area contributed by atoms with Crippen molar-refractivity contribution in [2.45, 2.75) is 31.3 Å². The molecule has 10 nitrogen and oxygen atoms in total. The molecule has 5 aromatic rings. The fourth-order valence-electron chi connectivity index (χ4n) is 5.59. The summed E-state index contributed by atoms with van der Waals surface area (Å²) in [6.07, 6.45) is 0.686. The third-order valence-corrected chi connectivity index (χ3v) is 7.77. The SMILES string of the molecule is Cl.NCCC[C@H](C(N)=O)N(CCn1c(=O)n(-c2ccccc2)n(-c2ccccc2)c1=O)C(=O)C(c1ccccc1)c1ccccc1. The average molecular weight is 641 g/mol. The number of carbonyl (C=O) groups is 2. The van der Waals surface area contributed by atoms with Crippen LogP contribution in [-0.2, 0) is 16.1 Å². The summed E-state index contributed by atoms with van der Waals surface area (Å²) in [4.78, 5) is 56.7. The van der Waals surface area contributed by atoms with Crippen LogP contribution < -0.4 is 22.8 Å². The van der Waals surface area contributed by atoms with Gasteiger partial charge in [0, 0.05) is 6.54 Å². The molecule has 5 rings (SSSR count). The number of hydrogen-bond acceptors (Lipinski definition) is 5. The normalized spacial score (nSPS) is 11.5. The quantitative estimate of drug-likeness (QED) is 0.203. The van der Waals surface area contributed by atoms with Gasteiger partial charge >= 0.3 is 11.4 Å². The van der Waals surface area contributed by atoms with E-state index in [1.54, 1.807) is 48.5 Å². The van der Waals surface area contributed by atoms with Crippen LogP contribution in [0.4, 0.5) is 0 Å². The van der Waals surface area contributed by atoms with E-state index in [2.05, 4.69) is 0 Å². The van der Waals surface area contributed by atoms with Crippen molar-refractivity contribution in [3.05, 3.63) is 153 Å². The van der Waals surface area contributed by atoms with Crippen LogP contribution in [0.15, 0.2) is 131 Å². The lowest BCUT2D eigenvalue weighted by molar-refractivity contribution is -0.140. The number of halogens is 1. The molecule has 0 saturated carbocycles. The zero-order valence-electron chi connectivity index (χ0n) is 25.2. The van der Waals surface area contributed by atoms with Crippen molar-refractivity contribution < 1.29 is 9.59 Å². The first-order valence-electron chi connectivity index (χ1n) is 14.9. The number of para-hydroxylation sites is 2. The van der Waals surface area contributed by atoms with E-state index in [-0.39, 0.29) is 37.8 Å². The highest BCUT2D eigenvalue weighted by Gasteiger charge is 2.34. The predicted molar refractivity (Wildman–Crippen MR) is 181 cm³/mol. The zero-order valence-corrected chi connectivity index (χ0v) is 26.0. The topological polar surface area (TPSA) is 138 Å². The Hall–Kier alpha value is -5.19. The molecular formula is C35H37ClN6O4. The molecule has 0 bridgehead atoms. The number of aromatic nitrogens is 3. The number of primary amides is 1. The van der Waals surface area contributed by atoms with E-state index in [9.17, 15) is 19.2 Å². The Morgan fingerprint density at radius 2 is 1.09 bits per heavy atom. The second kappa shape index (κ2) is 15.7. The van der Waals surface area contributed by atoms with Crippen LogP contribution in [0, 0.1) is 0 Å². The van der Waals surface area contributed by atoms with Crippen molar-refractivity contribution in [3.8, 4) is 11.4 Å². The molecule has 0 saturated heterocycles. The van der Waals surface area contributed by atoms with Gasteiger partial charge in [0.25, 0.3) is 0 Å². The molecule has 238 valence electrons. The molecule has 2 amide bonds. The van der Waals surface area contributed by atoms with Crippen LogP contribution in [0.5, 0.6) is 0 Å². The average Bonchev–Trinajstić information content (AvgIpc) is 3.32. The van der Waals surface area contributed by atoms with E-state index in [0.29, 0.717) is 24.3 Å². The second-order valence-corrected chi connectivity index (χ2v) is 10.6. The number of carbonyl (C=O) groups excluding carboxylic acids is 2. The standard InChI is InChI=1S/C35H36N6O4.ClH/c36-23-13-22-30(32(37)42)38(33(43)31(26-14-5-1-6-15-26)27-16-7-2-8-17-27)24-25-39-34(44)40(28-18-9-3-10-19-28)41(35(39)45)29-20-11-4-12-21-29;/h1-12,14-21,30-31H,13,22-25,36H2,(H2,37,42);1H/t30-;/m1./s1. The molecule has 0 fully saturated rings. The third-order valence-electron chi connectivity index (χ3n) is 7.77. The van der Waals surface area contributed by atoms with Gasteiger partial charge in [0.1, 0.15) is 6.04 Å². The van der Waals surface area contributed by atoms with Gasteiger partial charge in [-0.3, -0.25) is 9.59 Å². The summed E-state index contributed by atoms with van der Waals surface area (Å²) in [5.41, 5.74) is 13.0. The zero-order chi connectivity index (χ0) is 31.8. The van der Waals surface area contributed by atoms with E-state index in [1.807, 2.05) is 72.8 Å². The van der Waals surface area contributed by atoms with Crippen molar-refractivity contribution in [2.75, 3.05) is 13.1 Å². The largest absolute Gasteiger partial charge is 0.368 e. The summed E-state index contributed by atoms with van der Waals surface area (Å²) in [5, 5.41) is 0. The molecule has 0 spiro atoms. The van der Waals surface area contributed by atoms with Crippen LogP contribution in [0.2, 0.25) is 0 Å². The molecule has 0 aliphatic heterocycles. The van der Waals surface area contributed by atoms with Crippen molar-refractivity contribution in [3.63, 3.8) is 0 Å². The first-order chi connectivity index (χ1) is 21.9. The number of rotatable bonds is 13. The van der Waals surface area contributed by atoms with Crippen molar-refractivity contribution >= 4 is 24.2 Å². The highest BCUT2D eigenvalue weighted by atomic mass is 35.5. The Morgan fingerprint density at radius 1 is 0.674 bits per heavy atom. The fraction of sp³-hybridized carbons (Fsp3) is 0.200. The lowest BCUT2D eigenvalue weighted by Gasteiger charge is -2.33. The number of benzene rings is 4. The molecule has 11 heteroatoms. The van der Waals surface area contributed by atoms with E-state index in [1.165, 1.54) is 14.3 Å². The lowest BCUT2D eigenvalue weighted by atomic mass is 9.89. The molecule has 1 heterocycles. The number of hydrogen-bond donors (Lipinski definition) is 2. The highest BCUT2D eigenvalue weighted by Crippen LogP contribution is 2.28. The molecule has 46 heavy (non-hydrogen) atoms. The van der Waals surface area contributed by atoms with Gasteiger partial charge in [-0.15, -0.1) is 12.4 Å². The Morgan fingerprint density at radius 3 is 1.48 bits per heavy atom. The lowest BCUT2D eigenvalue weighted by Crippen LogP contribution is -2.51. The molecule has 4 N–H and O–H groups in total. The minimum Gasteiger partial charge on any atom is -0.368 e. The summed E-state index contributed by atoms with van der Waals surface area (Å²) < 4.78 is 3.70. The highest BCUT2D eigenvalue weighted by molar-refractivity contribution is 5.92. The molecule has 1 aromatic heterocycles. The maximum absolute atomic E-state index is 14.6. The van der Waals surface area contributed by atoms with Crippen molar-refractivity contribution in [1.82, 2.24) is 18.8 Å². The monoisotopic (exact) mass is 640 g/mol. The molecule has 0 unspecified atom stereocenters. The maximum atomic E-state index is 14.6. The van der Waals surface area contributed by atoms with E-state index >= 15 is 0 Å². The van der Waals surface area contributed by atoms with Gasteiger partial charge in [-0.2, -0.15) is 9.36 Å². The minimum absolute atomic E-state index is 0. The summed E-state index contributed by atoms with van der Waals surface area (Å²) in [7, 11) is 0. The number of nitrogens with zero attached hydrogens (tertiary/aromatic N) is 4. The van der Waals surface area contributed by atoms with Crippen LogP contribution in [0.1, 0.15) is 29.9 Å². The second-order valence-electron chi connectivity index (χ2n) is 10.6. The summed E-state index contributed by atoms with van der Waals surface area (Å²) >= 11 is 0. The van der Waals surface area contributed by atoms with Crippen molar-refractivity contribution in [2.24, 2.45) is 11.5 Å². The Labute approximate surface area is 272 Å². The van der Waals surface area contributed by atoms with Crippen LogP contribution in [0.25, 0.3) is 11.4 Å². The van der Waals surface area contributed by atoms with E-state index in [4.69, 9.17) is 11.5 Å². The number of nitrogens with two attached hydrogens (primary N) is 2. The Bertz CT molecular complexity index is 1730. The summed E-state index contributed by atoms with van der Waals surface area (Å²) in [6.45, 7) is 0.0163. The van der Waals surface area contributed by atoms with E-state index in [0.717, 1.165) is 15.7 Å². The predicted octanol–water partition coefficient (Wildman–Crippen LogP) is 3.47. The fourth-order valence-corrected chi connectivity index (χ4v) is 5.59. The minimum atomic E-state index is -1.00. The third kappa shape index (κ3) is 7.20. The van der Waals surface area contributed by atoms with Crippen LogP contribution in [0.3, 0.4) is 0 Å². The molecule has 1 atom stereocenters. The molecule has 0 aliphatic carbocycles. The molecule has 4 aromatic carbocycles. The first-order valence-corrected chi connectivity index (χ1v) is 14.9. The van der Waals surface area contributed by atoms with Gasteiger partial charge in [0.15, 0.2) is 0 Å². The van der Waals surface area contributed by atoms with Crippen molar-refractivity contribution in [1.29, 1.82) is 0 Å². The van der Waals surface area contributed by atoms with Gasteiger partial charge in [-0.05, 0) is 54.8 Å².